The highest BCUT2D eigenvalue weighted by atomic mass is 35.5. The van der Waals surface area contributed by atoms with Gasteiger partial charge in [-0.1, -0.05) is 16.8 Å². The molecule has 1 aromatic heterocycles. The molecule has 0 radical (unpaired) electrons. The summed E-state index contributed by atoms with van der Waals surface area (Å²) in [5, 5.41) is 6.71. The normalized spacial score (nSPS) is 25.8. The number of carbonyl (C=O) groups excluding carboxylic acids is 2. The predicted octanol–water partition coefficient (Wildman–Crippen LogP) is 3.32. The van der Waals surface area contributed by atoms with Gasteiger partial charge in [-0.3, -0.25) is 9.59 Å². The first-order valence-electron chi connectivity index (χ1n) is 9.17. The quantitative estimate of drug-likeness (QED) is 0.690. The van der Waals surface area contributed by atoms with E-state index in [-0.39, 0.29) is 41.4 Å². The van der Waals surface area contributed by atoms with E-state index in [1.165, 1.54) is 12.1 Å². The molecule has 1 N–H and O–H groups in total. The molecule has 2 aromatic rings. The Morgan fingerprint density at radius 2 is 2.07 bits per heavy atom. The van der Waals surface area contributed by atoms with Gasteiger partial charge in [0, 0.05) is 18.0 Å². The van der Waals surface area contributed by atoms with E-state index < -0.39 is 16.8 Å². The minimum absolute atomic E-state index is 0.0217. The molecular formula is C19H18Cl2FN3O4. The molecule has 7 nitrogen and oxygen atoms in total. The molecule has 1 aromatic carbocycles. The van der Waals surface area contributed by atoms with Crippen molar-refractivity contribution in [3.05, 3.63) is 40.8 Å². The Morgan fingerprint density at radius 1 is 1.31 bits per heavy atom. The lowest BCUT2D eigenvalue weighted by Crippen LogP contribution is -2.62. The monoisotopic (exact) mass is 441 g/mol. The molecule has 10 heteroatoms. The molecule has 154 valence electrons. The van der Waals surface area contributed by atoms with Gasteiger partial charge in [0.15, 0.2) is 18.2 Å². The van der Waals surface area contributed by atoms with Crippen LogP contribution in [0.3, 0.4) is 0 Å². The Morgan fingerprint density at radius 3 is 2.69 bits per heavy atom. The Labute approximate surface area is 175 Å². The maximum Gasteiger partial charge on any atom is 0.258 e. The zero-order chi connectivity index (χ0) is 20.6. The molecule has 0 aliphatic heterocycles. The van der Waals surface area contributed by atoms with Crippen LogP contribution in [0.2, 0.25) is 5.02 Å². The van der Waals surface area contributed by atoms with Crippen molar-refractivity contribution >= 4 is 34.9 Å². The number of carbonyl (C=O) groups is 2. The minimum atomic E-state index is -0.791. The van der Waals surface area contributed by atoms with E-state index in [2.05, 4.69) is 15.5 Å². The van der Waals surface area contributed by atoms with Crippen molar-refractivity contribution in [1.29, 1.82) is 0 Å². The van der Waals surface area contributed by atoms with Crippen molar-refractivity contribution in [2.45, 2.75) is 48.9 Å². The smallest absolute Gasteiger partial charge is 0.258 e. The third-order valence-electron chi connectivity index (χ3n) is 5.76. The number of aromatic nitrogens is 2. The van der Waals surface area contributed by atoms with Crippen LogP contribution in [0.4, 0.5) is 4.39 Å². The number of hydrogen-bond donors (Lipinski definition) is 1. The van der Waals surface area contributed by atoms with E-state index in [1.54, 1.807) is 0 Å². The van der Waals surface area contributed by atoms with Crippen molar-refractivity contribution < 1.29 is 23.2 Å². The van der Waals surface area contributed by atoms with Gasteiger partial charge in [-0.15, -0.1) is 11.6 Å². The average Bonchev–Trinajstić information content (AvgIpc) is 3.19. The third-order valence-corrected chi connectivity index (χ3v) is 6.30. The zero-order valence-corrected chi connectivity index (χ0v) is 16.9. The molecule has 3 aliphatic carbocycles. The number of fused-ring (bicyclic) bond motifs is 3. The van der Waals surface area contributed by atoms with Gasteiger partial charge >= 0.3 is 0 Å². The fourth-order valence-corrected chi connectivity index (χ4v) is 4.37. The van der Waals surface area contributed by atoms with Crippen LogP contribution in [0.15, 0.2) is 22.7 Å². The van der Waals surface area contributed by atoms with Crippen LogP contribution in [0.1, 0.15) is 43.8 Å². The number of amides is 1. The van der Waals surface area contributed by atoms with Crippen LogP contribution in [-0.4, -0.2) is 34.0 Å². The molecule has 3 fully saturated rings. The summed E-state index contributed by atoms with van der Waals surface area (Å²) < 4.78 is 24.1. The van der Waals surface area contributed by atoms with Crippen LogP contribution < -0.4 is 10.1 Å². The summed E-state index contributed by atoms with van der Waals surface area (Å²) >= 11 is 11.4. The third kappa shape index (κ3) is 3.71. The van der Waals surface area contributed by atoms with Crippen LogP contribution in [-0.2, 0) is 20.9 Å². The standard InChI is InChI=1S/C19H18Cl2FN3O4/c20-9-15-23-17(29-25-15)19-5-3-18(4-6-19,8-14(19)26)24-16(27)10-28-11-1-2-12(21)13(22)7-11/h1-2,7H,3-6,8-10H2,(H,24,27). The molecule has 3 saturated carbocycles. The van der Waals surface area contributed by atoms with Gasteiger partial charge in [-0.25, -0.2) is 4.39 Å². The summed E-state index contributed by atoms with van der Waals surface area (Å²) in [5.74, 6) is -0.0335. The van der Waals surface area contributed by atoms with Crippen molar-refractivity contribution in [2.75, 3.05) is 6.61 Å². The molecule has 0 unspecified atom stereocenters. The van der Waals surface area contributed by atoms with Crippen LogP contribution in [0.5, 0.6) is 5.75 Å². The highest BCUT2D eigenvalue weighted by molar-refractivity contribution is 6.30. The van der Waals surface area contributed by atoms with E-state index in [4.69, 9.17) is 32.5 Å². The Balaban J connectivity index is 1.39. The lowest BCUT2D eigenvalue weighted by molar-refractivity contribution is -0.138. The van der Waals surface area contributed by atoms with Crippen LogP contribution in [0.25, 0.3) is 0 Å². The van der Waals surface area contributed by atoms with Gasteiger partial charge in [0.1, 0.15) is 17.0 Å². The molecule has 5 rings (SSSR count). The summed E-state index contributed by atoms with van der Waals surface area (Å²) in [6.07, 6.45) is 2.43. The van der Waals surface area contributed by atoms with Gasteiger partial charge in [-0.2, -0.15) is 4.98 Å². The van der Waals surface area contributed by atoms with Crippen molar-refractivity contribution in [3.63, 3.8) is 0 Å². The topological polar surface area (TPSA) is 94.3 Å². The number of nitrogens with zero attached hydrogens (tertiary/aromatic N) is 2. The fraction of sp³-hybridized carbons (Fsp3) is 0.474. The number of halogens is 3. The highest BCUT2D eigenvalue weighted by Gasteiger charge is 2.58. The molecule has 1 amide bonds. The summed E-state index contributed by atoms with van der Waals surface area (Å²) in [6.45, 7) is -0.287. The molecule has 1 heterocycles. The number of benzene rings is 1. The molecule has 0 atom stereocenters. The van der Waals surface area contributed by atoms with E-state index in [0.29, 0.717) is 37.4 Å². The van der Waals surface area contributed by atoms with Gasteiger partial charge in [0.05, 0.1) is 10.9 Å². The first-order chi connectivity index (χ1) is 13.9. The fourth-order valence-electron chi connectivity index (χ4n) is 4.14. The first-order valence-corrected chi connectivity index (χ1v) is 10.1. The summed E-state index contributed by atoms with van der Waals surface area (Å²) in [7, 11) is 0. The Kier molecular flexibility index (Phi) is 5.25. The number of rotatable bonds is 6. The number of ketones is 1. The second kappa shape index (κ2) is 7.57. The average molecular weight is 442 g/mol. The van der Waals surface area contributed by atoms with E-state index in [1.807, 2.05) is 0 Å². The summed E-state index contributed by atoms with van der Waals surface area (Å²) in [4.78, 5) is 29.6. The second-order valence-electron chi connectivity index (χ2n) is 7.52. The molecule has 0 saturated heterocycles. The first kappa shape index (κ1) is 20.1. The molecular weight excluding hydrogens is 424 g/mol. The van der Waals surface area contributed by atoms with Crippen molar-refractivity contribution in [3.8, 4) is 5.75 Å². The Hall–Kier alpha value is -2.19. The number of alkyl halides is 1. The van der Waals surface area contributed by atoms with Gasteiger partial charge < -0.3 is 14.6 Å². The van der Waals surface area contributed by atoms with Gasteiger partial charge in [0.25, 0.3) is 5.91 Å². The SMILES string of the molecule is O=C(COc1ccc(Cl)c(F)c1)NC12CCC(c3nc(CCl)no3)(CC1)C(=O)C2. The Bertz CT molecular complexity index is 957. The van der Waals surface area contributed by atoms with Gasteiger partial charge in [0.2, 0.25) is 5.89 Å². The predicted molar refractivity (Wildman–Crippen MR) is 101 cm³/mol. The van der Waals surface area contributed by atoms with Crippen molar-refractivity contribution in [1.82, 2.24) is 15.5 Å². The minimum Gasteiger partial charge on any atom is -0.484 e. The number of ether oxygens (including phenoxy) is 1. The second-order valence-corrected chi connectivity index (χ2v) is 8.20. The lowest BCUT2D eigenvalue weighted by atomic mass is 9.56. The molecule has 3 aliphatic rings. The number of nitrogens with one attached hydrogen (secondary N) is 1. The maximum atomic E-state index is 13.5. The maximum absolute atomic E-state index is 13.5. The summed E-state index contributed by atoms with van der Waals surface area (Å²) in [6, 6.07) is 3.96. The van der Waals surface area contributed by atoms with E-state index in [9.17, 15) is 14.0 Å². The van der Waals surface area contributed by atoms with E-state index >= 15 is 0 Å². The lowest BCUT2D eigenvalue weighted by Gasteiger charge is -2.50. The largest absolute Gasteiger partial charge is 0.484 e. The van der Waals surface area contributed by atoms with E-state index in [0.717, 1.165) is 6.07 Å². The van der Waals surface area contributed by atoms with Gasteiger partial charge in [-0.05, 0) is 37.8 Å². The molecule has 0 spiro atoms. The number of Topliss-reactive ketones (excluding diaryl/α,β-unsaturated/α-hetero) is 1. The summed E-state index contributed by atoms with van der Waals surface area (Å²) in [5.41, 5.74) is -1.40. The highest BCUT2D eigenvalue weighted by Crippen LogP contribution is 2.51. The molecule has 29 heavy (non-hydrogen) atoms. The van der Waals surface area contributed by atoms with Crippen LogP contribution in [0, 0.1) is 5.82 Å². The number of hydrogen-bond acceptors (Lipinski definition) is 6. The molecule has 2 bridgehead atoms. The van der Waals surface area contributed by atoms with Crippen molar-refractivity contribution in [2.24, 2.45) is 0 Å². The van der Waals surface area contributed by atoms with Crippen LogP contribution >= 0.6 is 23.2 Å². The zero-order valence-electron chi connectivity index (χ0n) is 15.3.